The molecule has 8 nitrogen and oxygen atoms in total. The number of carbonyl (C=O) groups is 2. The lowest BCUT2D eigenvalue weighted by Crippen LogP contribution is -2.13. The zero-order chi connectivity index (χ0) is 39.6. The molecule has 0 aliphatic carbocycles. The van der Waals surface area contributed by atoms with Crippen LogP contribution in [0.4, 0.5) is 11.4 Å². The summed E-state index contributed by atoms with van der Waals surface area (Å²) in [4.78, 5) is 32.7. The molecule has 0 aliphatic rings. The fourth-order valence-corrected chi connectivity index (χ4v) is 5.10. The molecule has 0 aliphatic heterocycles. The summed E-state index contributed by atoms with van der Waals surface area (Å²) in [5, 5.41) is 7.45. The quantitative estimate of drug-likeness (QED) is 0.161. The normalized spacial score (nSPS) is 10.1. The lowest BCUT2D eigenvalue weighted by molar-refractivity contribution is 0.101. The number of amides is 2. The number of para-hydroxylation sites is 2. The Bertz CT molecular complexity index is 2040. The minimum Gasteiger partial charge on any atom is -0.321 e. The van der Waals surface area contributed by atoms with Crippen molar-refractivity contribution in [3.8, 4) is 22.3 Å². The summed E-state index contributed by atoms with van der Waals surface area (Å²) in [5.41, 5.74) is 5.78. The molecule has 6 aromatic rings. The fourth-order valence-electron chi connectivity index (χ4n) is 4.44. The number of nitrogens with one attached hydrogen (secondary N) is 2. The molecule has 0 atom stereocenters. The molecule has 0 saturated heterocycles. The van der Waals surface area contributed by atoms with E-state index in [1.54, 1.807) is 61.7 Å². The van der Waals surface area contributed by atoms with Gasteiger partial charge in [0.15, 0.2) is 0 Å². The average molecular weight is 843 g/mol. The van der Waals surface area contributed by atoms with Crippen molar-refractivity contribution in [2.75, 3.05) is 35.7 Å². The summed E-state index contributed by atoms with van der Waals surface area (Å²) in [6.07, 6.45) is 9.64. The molecule has 0 saturated carbocycles. The molecule has 2 aromatic heterocycles. The predicted molar refractivity (Wildman–Crippen MR) is 228 cm³/mol. The van der Waals surface area contributed by atoms with Crippen LogP contribution in [0.15, 0.2) is 134 Å². The smallest absolute Gasteiger partial charge is 0.258 e. The van der Waals surface area contributed by atoms with E-state index in [1.165, 1.54) is 0 Å². The molecule has 4 aromatic carbocycles. The molecule has 2 amide bonds. The Morgan fingerprint density at radius 2 is 0.796 bits per heavy atom. The average Bonchev–Trinajstić information content (AvgIpc) is 3.13. The largest absolute Gasteiger partial charge is 0.321 e. The summed E-state index contributed by atoms with van der Waals surface area (Å²) in [6.45, 7) is 0. The first-order chi connectivity index (χ1) is 25.8. The number of halogens is 4. The SMILES string of the molecule is CS(C)=O.CS(C)=O.O=C(Nc1ccccc1-c1ccc(Cl)cc1)c1cccnc1Cl.O=C(Nc1ccccc1-c1ccc(Cl)cc1)c1cccnc1Cl. The van der Waals surface area contributed by atoms with Crippen molar-refractivity contribution in [2.45, 2.75) is 0 Å². The molecule has 0 spiro atoms. The highest BCUT2D eigenvalue weighted by Crippen LogP contribution is 2.31. The zero-order valence-corrected chi connectivity index (χ0v) is 34.2. The number of hydrogen-bond acceptors (Lipinski definition) is 6. The first-order valence-corrected chi connectivity index (χ1v) is 21.2. The van der Waals surface area contributed by atoms with Crippen LogP contribution in [0.1, 0.15) is 20.7 Å². The van der Waals surface area contributed by atoms with Crippen LogP contribution in [-0.2, 0) is 21.6 Å². The van der Waals surface area contributed by atoms with Crippen molar-refractivity contribution in [3.05, 3.63) is 165 Å². The van der Waals surface area contributed by atoms with Crippen LogP contribution in [0, 0.1) is 0 Å². The molecular formula is C40H36Cl4N4O4S2. The van der Waals surface area contributed by atoms with Crippen molar-refractivity contribution >= 4 is 91.2 Å². The first-order valence-electron chi connectivity index (χ1n) is 15.8. The Hall–Kier alpha value is -4.42. The summed E-state index contributed by atoms with van der Waals surface area (Å²) >= 11 is 23.8. The number of benzene rings is 4. The topological polar surface area (TPSA) is 118 Å². The van der Waals surface area contributed by atoms with E-state index in [9.17, 15) is 18.0 Å². The highest BCUT2D eigenvalue weighted by molar-refractivity contribution is 7.83. The van der Waals surface area contributed by atoms with E-state index in [2.05, 4.69) is 20.6 Å². The van der Waals surface area contributed by atoms with Crippen LogP contribution < -0.4 is 10.6 Å². The summed E-state index contributed by atoms with van der Waals surface area (Å²) in [5.74, 6) is -0.603. The molecule has 0 unspecified atom stereocenters. The third-order valence-electron chi connectivity index (χ3n) is 6.67. The Morgan fingerprint density at radius 3 is 1.11 bits per heavy atom. The standard InChI is InChI=1S/2C18H12Cl2N2O.2C2H6OS/c2*19-13-9-7-12(8-10-13)14-4-1-2-6-16(14)22-18(23)15-5-3-11-21-17(15)20;2*1-4(2)3/h2*1-11H,(H,22,23);2*1-2H3. The van der Waals surface area contributed by atoms with Crippen LogP contribution in [-0.4, -0.2) is 55.2 Å². The number of carbonyl (C=O) groups excluding carboxylic acids is 2. The molecule has 2 heterocycles. The molecule has 280 valence electrons. The maximum Gasteiger partial charge on any atom is 0.258 e. The highest BCUT2D eigenvalue weighted by atomic mass is 35.5. The predicted octanol–water partition coefficient (Wildman–Crippen LogP) is 10.6. The van der Waals surface area contributed by atoms with Crippen molar-refractivity contribution in [1.29, 1.82) is 0 Å². The zero-order valence-electron chi connectivity index (χ0n) is 29.6. The second kappa shape index (κ2) is 22.7. The molecule has 0 bridgehead atoms. The maximum absolute atomic E-state index is 12.4. The third kappa shape index (κ3) is 14.8. The number of nitrogens with zero attached hydrogens (tertiary/aromatic N) is 2. The van der Waals surface area contributed by atoms with Gasteiger partial charge in [-0.15, -0.1) is 0 Å². The van der Waals surface area contributed by atoms with Gasteiger partial charge in [0.1, 0.15) is 10.3 Å². The van der Waals surface area contributed by atoms with Crippen LogP contribution in [0.5, 0.6) is 0 Å². The second-order valence-corrected chi connectivity index (χ2v) is 15.7. The Balaban J connectivity index is 0.000000243. The van der Waals surface area contributed by atoms with Gasteiger partial charge < -0.3 is 10.6 Å². The summed E-state index contributed by atoms with van der Waals surface area (Å²) < 4.78 is 19.1. The number of aromatic nitrogens is 2. The molecule has 6 rings (SSSR count). The van der Waals surface area contributed by atoms with Crippen LogP contribution in [0.25, 0.3) is 22.3 Å². The number of rotatable bonds is 6. The van der Waals surface area contributed by atoms with Crippen molar-refractivity contribution in [2.24, 2.45) is 0 Å². The van der Waals surface area contributed by atoms with Gasteiger partial charge >= 0.3 is 0 Å². The minimum atomic E-state index is -0.611. The first kappa shape index (κ1) is 44.0. The minimum absolute atomic E-state index is 0.175. The van der Waals surface area contributed by atoms with Gasteiger partial charge in [-0.25, -0.2) is 9.97 Å². The number of hydrogen-bond donors (Lipinski definition) is 2. The van der Waals surface area contributed by atoms with Crippen molar-refractivity contribution in [3.63, 3.8) is 0 Å². The molecule has 2 N–H and O–H groups in total. The molecule has 0 radical (unpaired) electrons. The van der Waals surface area contributed by atoms with Gasteiger partial charge in [0.05, 0.1) is 11.1 Å². The summed E-state index contributed by atoms with van der Waals surface area (Å²) in [7, 11) is -1.22. The molecule has 0 fully saturated rings. The number of pyridine rings is 2. The van der Waals surface area contributed by atoms with Crippen LogP contribution >= 0.6 is 46.4 Å². The van der Waals surface area contributed by atoms with E-state index in [1.807, 2.05) is 97.1 Å². The van der Waals surface area contributed by atoms with Crippen molar-refractivity contribution in [1.82, 2.24) is 9.97 Å². The van der Waals surface area contributed by atoms with Crippen LogP contribution in [0.2, 0.25) is 20.4 Å². The Labute approximate surface area is 340 Å². The van der Waals surface area contributed by atoms with Crippen molar-refractivity contribution < 1.29 is 18.0 Å². The van der Waals surface area contributed by atoms with Gasteiger partial charge in [0.2, 0.25) is 0 Å². The van der Waals surface area contributed by atoms with E-state index in [0.29, 0.717) is 32.5 Å². The van der Waals surface area contributed by atoms with Gasteiger partial charge in [-0.05, 0) is 71.8 Å². The van der Waals surface area contributed by atoms with Gasteiger partial charge in [0, 0.05) is 91.6 Å². The van der Waals surface area contributed by atoms with Gasteiger partial charge in [-0.3, -0.25) is 18.0 Å². The maximum atomic E-state index is 12.4. The van der Waals surface area contributed by atoms with Crippen LogP contribution in [0.3, 0.4) is 0 Å². The second-order valence-electron chi connectivity index (χ2n) is 11.2. The van der Waals surface area contributed by atoms with Gasteiger partial charge in [0.25, 0.3) is 11.8 Å². The third-order valence-corrected chi connectivity index (χ3v) is 7.77. The van der Waals surface area contributed by atoms with Gasteiger partial charge in [-0.1, -0.05) is 107 Å². The van der Waals surface area contributed by atoms with E-state index in [0.717, 1.165) is 22.3 Å². The Morgan fingerprint density at radius 1 is 0.481 bits per heavy atom. The Kier molecular flexibility index (Phi) is 18.5. The molecule has 14 heteroatoms. The molecule has 54 heavy (non-hydrogen) atoms. The summed E-state index contributed by atoms with van der Waals surface area (Å²) in [6, 6.07) is 36.6. The van der Waals surface area contributed by atoms with E-state index >= 15 is 0 Å². The monoisotopic (exact) mass is 840 g/mol. The molecular weight excluding hydrogens is 806 g/mol. The highest BCUT2D eigenvalue weighted by Gasteiger charge is 2.15. The van der Waals surface area contributed by atoms with E-state index < -0.39 is 21.6 Å². The lowest BCUT2D eigenvalue weighted by Gasteiger charge is -2.12. The fraction of sp³-hybridized carbons (Fsp3) is 0.100. The lowest BCUT2D eigenvalue weighted by atomic mass is 10.0. The van der Waals surface area contributed by atoms with E-state index in [4.69, 9.17) is 46.4 Å². The number of anilines is 2. The van der Waals surface area contributed by atoms with E-state index in [-0.39, 0.29) is 22.1 Å². The van der Waals surface area contributed by atoms with Gasteiger partial charge in [-0.2, -0.15) is 0 Å².